The summed E-state index contributed by atoms with van der Waals surface area (Å²) < 4.78 is 56.9. The van der Waals surface area contributed by atoms with Gasteiger partial charge in [-0.1, -0.05) is 24.3 Å². The molecule has 0 spiro atoms. The minimum absolute atomic E-state index is 0.103. The molecule has 0 aliphatic carbocycles. The molecule has 0 saturated carbocycles. The van der Waals surface area contributed by atoms with Gasteiger partial charge in [0.1, 0.15) is 23.9 Å². The minimum Gasteiger partial charge on any atom is -0.497 e. The van der Waals surface area contributed by atoms with Crippen LogP contribution >= 0.6 is 0 Å². The third kappa shape index (κ3) is 5.31. The molecule has 1 fully saturated rings. The van der Waals surface area contributed by atoms with Crippen LogP contribution in [-0.2, 0) is 6.18 Å². The zero-order chi connectivity index (χ0) is 25.1. The van der Waals surface area contributed by atoms with E-state index in [9.17, 15) is 13.2 Å². The van der Waals surface area contributed by atoms with Gasteiger partial charge in [0.15, 0.2) is 0 Å². The monoisotopic (exact) mass is 497 g/mol. The van der Waals surface area contributed by atoms with Gasteiger partial charge in [0.25, 0.3) is 0 Å². The summed E-state index contributed by atoms with van der Waals surface area (Å²) in [7, 11) is 1.63. The molecule has 190 valence electrons. The van der Waals surface area contributed by atoms with Crippen molar-refractivity contribution in [1.82, 2.24) is 4.90 Å². The Morgan fingerprint density at radius 2 is 1.75 bits per heavy atom. The summed E-state index contributed by atoms with van der Waals surface area (Å²) in [5, 5.41) is 0. The van der Waals surface area contributed by atoms with Crippen LogP contribution in [0.3, 0.4) is 0 Å². The van der Waals surface area contributed by atoms with E-state index in [4.69, 9.17) is 14.2 Å². The van der Waals surface area contributed by atoms with Crippen molar-refractivity contribution in [1.29, 1.82) is 0 Å². The van der Waals surface area contributed by atoms with Gasteiger partial charge in [0, 0.05) is 29.7 Å². The third-order valence-electron chi connectivity index (χ3n) is 7.05. The number of likely N-dealkylation sites (tertiary alicyclic amines) is 1. The van der Waals surface area contributed by atoms with Crippen molar-refractivity contribution in [3.63, 3.8) is 0 Å². The van der Waals surface area contributed by atoms with Crippen molar-refractivity contribution in [2.45, 2.75) is 31.4 Å². The first-order chi connectivity index (χ1) is 17.4. The van der Waals surface area contributed by atoms with Crippen molar-refractivity contribution in [2.24, 2.45) is 0 Å². The Balaban J connectivity index is 1.47. The van der Waals surface area contributed by atoms with E-state index in [2.05, 4.69) is 17.0 Å². The van der Waals surface area contributed by atoms with Crippen LogP contribution in [0.15, 0.2) is 60.7 Å². The largest absolute Gasteiger partial charge is 0.497 e. The second-order valence-corrected chi connectivity index (χ2v) is 9.32. The van der Waals surface area contributed by atoms with Gasteiger partial charge in [-0.2, -0.15) is 13.2 Å². The summed E-state index contributed by atoms with van der Waals surface area (Å²) in [6.45, 7) is 4.12. The number of hydrogen-bond donors (Lipinski definition) is 0. The maximum Gasteiger partial charge on any atom is 0.416 e. The number of fused-ring (bicyclic) bond motifs is 1. The Morgan fingerprint density at radius 3 is 2.47 bits per heavy atom. The first-order valence-corrected chi connectivity index (χ1v) is 12.4. The highest BCUT2D eigenvalue weighted by Gasteiger charge is 2.30. The lowest BCUT2D eigenvalue weighted by Crippen LogP contribution is -2.25. The van der Waals surface area contributed by atoms with E-state index in [0.717, 1.165) is 66.4 Å². The first-order valence-electron chi connectivity index (χ1n) is 12.4. The average Bonchev–Trinajstić information content (AvgIpc) is 3.41. The molecule has 1 unspecified atom stereocenters. The summed E-state index contributed by atoms with van der Waals surface area (Å²) in [6, 6.07) is 17.2. The lowest BCUT2D eigenvalue weighted by Gasteiger charge is -2.27. The lowest BCUT2D eigenvalue weighted by molar-refractivity contribution is -0.137. The van der Waals surface area contributed by atoms with Crippen molar-refractivity contribution >= 4 is 0 Å². The van der Waals surface area contributed by atoms with Crippen LogP contribution in [-0.4, -0.2) is 44.9 Å². The second-order valence-electron chi connectivity index (χ2n) is 9.32. The number of nitrogens with zero attached hydrogens (tertiary/aromatic N) is 1. The van der Waals surface area contributed by atoms with Gasteiger partial charge in [-0.05, 0) is 73.8 Å². The smallest absolute Gasteiger partial charge is 0.416 e. The minimum atomic E-state index is -4.37. The normalized spacial score (nSPS) is 17.9. The van der Waals surface area contributed by atoms with E-state index in [-0.39, 0.29) is 5.92 Å². The van der Waals surface area contributed by atoms with Crippen molar-refractivity contribution in [3.05, 3.63) is 77.4 Å². The molecule has 0 bridgehead atoms. The highest BCUT2D eigenvalue weighted by molar-refractivity contribution is 5.72. The molecule has 1 saturated heterocycles. The Kier molecular flexibility index (Phi) is 7.10. The highest BCUT2D eigenvalue weighted by atomic mass is 19.4. The van der Waals surface area contributed by atoms with E-state index >= 15 is 0 Å². The van der Waals surface area contributed by atoms with Crippen LogP contribution < -0.4 is 14.2 Å². The van der Waals surface area contributed by atoms with Gasteiger partial charge < -0.3 is 14.2 Å². The molecule has 7 heteroatoms. The SMILES string of the molecule is COc1ccc2c(c1)OCCC2c1ccc(OCCN2CCCC2)c(-c2ccc(C(F)(F)F)cc2)c1. The number of halogens is 3. The van der Waals surface area contributed by atoms with Crippen LogP contribution in [0.5, 0.6) is 17.2 Å². The number of alkyl halides is 3. The molecule has 2 aliphatic rings. The standard InChI is InChI=1S/C29H30F3NO3/c1-34-23-9-10-25-24(12-16-35-28(25)19-23)21-6-11-27(36-17-15-33-13-2-3-14-33)26(18-21)20-4-7-22(8-5-20)29(30,31)32/h4-11,18-19,24H,2-3,12-17H2,1H3. The number of hydrogen-bond acceptors (Lipinski definition) is 4. The molecular formula is C29H30F3NO3. The molecule has 0 aromatic heterocycles. The quantitative estimate of drug-likeness (QED) is 0.361. The third-order valence-corrected chi connectivity index (χ3v) is 7.05. The molecule has 5 rings (SSSR count). The fourth-order valence-corrected chi connectivity index (χ4v) is 5.09. The van der Waals surface area contributed by atoms with Crippen LogP contribution in [0.4, 0.5) is 13.2 Å². The maximum atomic E-state index is 13.2. The average molecular weight is 498 g/mol. The molecule has 3 aromatic rings. The molecule has 2 aliphatic heterocycles. The van der Waals surface area contributed by atoms with E-state index in [1.165, 1.54) is 25.0 Å². The first kappa shape index (κ1) is 24.5. The molecule has 3 aromatic carbocycles. The van der Waals surface area contributed by atoms with Gasteiger partial charge in [0.2, 0.25) is 0 Å². The Bertz CT molecular complexity index is 1190. The summed E-state index contributed by atoms with van der Waals surface area (Å²) in [4.78, 5) is 2.37. The van der Waals surface area contributed by atoms with Crippen molar-refractivity contribution in [2.75, 3.05) is 40.0 Å². The van der Waals surface area contributed by atoms with E-state index < -0.39 is 11.7 Å². The lowest BCUT2D eigenvalue weighted by atomic mass is 9.85. The molecule has 0 amide bonds. The molecule has 4 nitrogen and oxygen atoms in total. The van der Waals surface area contributed by atoms with Crippen LogP contribution in [0.25, 0.3) is 11.1 Å². The van der Waals surface area contributed by atoms with E-state index in [1.54, 1.807) is 7.11 Å². The summed E-state index contributed by atoms with van der Waals surface area (Å²) >= 11 is 0. The fraction of sp³-hybridized carbons (Fsp3) is 0.379. The predicted octanol–water partition coefficient (Wildman–Crippen LogP) is 6.77. The van der Waals surface area contributed by atoms with Crippen LogP contribution in [0.2, 0.25) is 0 Å². The molecule has 1 atom stereocenters. The Morgan fingerprint density at radius 1 is 0.972 bits per heavy atom. The van der Waals surface area contributed by atoms with E-state index in [1.807, 2.05) is 24.3 Å². The zero-order valence-corrected chi connectivity index (χ0v) is 20.3. The maximum absolute atomic E-state index is 13.2. The van der Waals surface area contributed by atoms with E-state index in [0.29, 0.717) is 24.5 Å². The predicted molar refractivity (Wildman–Crippen MR) is 133 cm³/mol. The Labute approximate surface area is 209 Å². The van der Waals surface area contributed by atoms with Gasteiger partial charge in [-0.3, -0.25) is 4.90 Å². The van der Waals surface area contributed by atoms with Gasteiger partial charge in [-0.25, -0.2) is 0 Å². The number of ether oxygens (including phenoxy) is 3. The number of benzene rings is 3. The highest BCUT2D eigenvalue weighted by Crippen LogP contribution is 2.43. The van der Waals surface area contributed by atoms with Crippen LogP contribution in [0.1, 0.15) is 41.9 Å². The van der Waals surface area contributed by atoms with Gasteiger partial charge >= 0.3 is 6.18 Å². The van der Waals surface area contributed by atoms with Crippen LogP contribution in [0, 0.1) is 0 Å². The number of methoxy groups -OCH3 is 1. The summed E-state index contributed by atoms with van der Waals surface area (Å²) in [5.74, 6) is 2.32. The summed E-state index contributed by atoms with van der Waals surface area (Å²) in [6.07, 6.45) is -1.14. The molecular weight excluding hydrogens is 467 g/mol. The topological polar surface area (TPSA) is 30.9 Å². The molecule has 36 heavy (non-hydrogen) atoms. The summed E-state index contributed by atoms with van der Waals surface area (Å²) in [5.41, 5.74) is 2.98. The van der Waals surface area contributed by atoms with Gasteiger partial charge in [-0.15, -0.1) is 0 Å². The fourth-order valence-electron chi connectivity index (χ4n) is 5.09. The second kappa shape index (κ2) is 10.4. The van der Waals surface area contributed by atoms with Gasteiger partial charge in [0.05, 0.1) is 19.3 Å². The van der Waals surface area contributed by atoms with Crippen molar-refractivity contribution < 1.29 is 27.4 Å². The number of rotatable bonds is 7. The molecule has 2 heterocycles. The van der Waals surface area contributed by atoms with Crippen molar-refractivity contribution in [3.8, 4) is 28.4 Å². The molecule has 0 N–H and O–H groups in total. The molecule has 0 radical (unpaired) electrons. The Hall–Kier alpha value is -3.19. The zero-order valence-electron chi connectivity index (χ0n) is 20.3.